The molecule has 0 saturated carbocycles. The van der Waals surface area contributed by atoms with E-state index in [0.717, 1.165) is 44.0 Å². The van der Waals surface area contributed by atoms with Crippen molar-refractivity contribution in [3.8, 4) is 5.75 Å². The van der Waals surface area contributed by atoms with Crippen molar-refractivity contribution in [3.05, 3.63) is 46.9 Å². The highest BCUT2D eigenvalue weighted by atomic mass is 35.5. The van der Waals surface area contributed by atoms with Gasteiger partial charge in [0.25, 0.3) is 0 Å². The Labute approximate surface area is 123 Å². The van der Waals surface area contributed by atoms with Crippen LogP contribution in [0.4, 0.5) is 5.82 Å². The third-order valence-electron chi connectivity index (χ3n) is 3.33. The monoisotopic (exact) mass is 289 g/mol. The van der Waals surface area contributed by atoms with Crippen LogP contribution in [-0.2, 0) is 12.8 Å². The number of hydrogen-bond donors (Lipinski definition) is 1. The van der Waals surface area contributed by atoms with Gasteiger partial charge >= 0.3 is 0 Å². The zero-order chi connectivity index (χ0) is 13.8. The molecule has 0 saturated heterocycles. The third-order valence-corrected chi connectivity index (χ3v) is 3.53. The van der Waals surface area contributed by atoms with Crippen LogP contribution in [0.25, 0.3) is 0 Å². The fourth-order valence-electron chi connectivity index (χ4n) is 2.33. The molecule has 0 fully saturated rings. The molecule has 1 aliphatic heterocycles. The first kappa shape index (κ1) is 13.2. The van der Waals surface area contributed by atoms with E-state index in [0.29, 0.717) is 5.15 Å². The molecular formula is C15H16ClN3O. The second kappa shape index (κ2) is 6.09. The van der Waals surface area contributed by atoms with Gasteiger partial charge in [0.1, 0.15) is 23.0 Å². The highest BCUT2D eigenvalue weighted by molar-refractivity contribution is 6.29. The molecule has 0 unspecified atom stereocenters. The lowest BCUT2D eigenvalue weighted by Crippen LogP contribution is -2.10. The van der Waals surface area contributed by atoms with E-state index in [1.165, 1.54) is 17.5 Å². The molecule has 1 N–H and O–H groups in total. The first-order valence-electron chi connectivity index (χ1n) is 6.77. The normalized spacial score (nSPS) is 13.4. The molecule has 2 heterocycles. The predicted octanol–water partition coefficient (Wildman–Crippen LogP) is 3.11. The van der Waals surface area contributed by atoms with Gasteiger partial charge in [-0.3, -0.25) is 0 Å². The zero-order valence-corrected chi connectivity index (χ0v) is 11.9. The molecule has 0 radical (unpaired) electrons. The van der Waals surface area contributed by atoms with Gasteiger partial charge in [-0.1, -0.05) is 23.7 Å². The Morgan fingerprint density at radius 1 is 1.25 bits per heavy atom. The van der Waals surface area contributed by atoms with Crippen molar-refractivity contribution >= 4 is 17.4 Å². The van der Waals surface area contributed by atoms with Gasteiger partial charge in [0, 0.05) is 12.6 Å². The fraction of sp³-hybridized carbons (Fsp3) is 0.333. The lowest BCUT2D eigenvalue weighted by atomic mass is 10.0. The maximum Gasteiger partial charge on any atom is 0.134 e. The van der Waals surface area contributed by atoms with Crippen LogP contribution in [0.3, 0.4) is 0 Å². The SMILES string of the molecule is Clc1cc(NCCc2ccc3c(c2)CCCO3)ncn1. The molecule has 3 rings (SSSR count). The van der Waals surface area contributed by atoms with Crippen LogP contribution in [0.1, 0.15) is 17.5 Å². The van der Waals surface area contributed by atoms with E-state index in [2.05, 4.69) is 33.5 Å². The van der Waals surface area contributed by atoms with Crippen molar-refractivity contribution < 1.29 is 4.74 Å². The van der Waals surface area contributed by atoms with Gasteiger partial charge in [0.05, 0.1) is 6.61 Å². The molecule has 0 aliphatic carbocycles. The number of nitrogens with one attached hydrogen (secondary N) is 1. The van der Waals surface area contributed by atoms with Crippen molar-refractivity contribution in [1.29, 1.82) is 0 Å². The maximum atomic E-state index is 5.82. The minimum atomic E-state index is 0.452. The molecule has 1 aromatic carbocycles. The summed E-state index contributed by atoms with van der Waals surface area (Å²) in [7, 11) is 0. The van der Waals surface area contributed by atoms with Crippen molar-refractivity contribution in [2.24, 2.45) is 0 Å². The highest BCUT2D eigenvalue weighted by Crippen LogP contribution is 2.25. The Bertz CT molecular complexity index is 603. The summed E-state index contributed by atoms with van der Waals surface area (Å²) in [6.07, 6.45) is 4.61. The quantitative estimate of drug-likeness (QED) is 0.879. The lowest BCUT2D eigenvalue weighted by Gasteiger charge is -2.18. The second-order valence-electron chi connectivity index (χ2n) is 4.80. The number of benzene rings is 1. The number of rotatable bonds is 4. The van der Waals surface area contributed by atoms with Crippen molar-refractivity contribution in [3.63, 3.8) is 0 Å². The van der Waals surface area contributed by atoms with Crippen LogP contribution >= 0.6 is 11.6 Å². The number of ether oxygens (including phenoxy) is 1. The van der Waals surface area contributed by atoms with Gasteiger partial charge in [0.15, 0.2) is 0 Å². The summed E-state index contributed by atoms with van der Waals surface area (Å²) in [5.41, 5.74) is 2.63. The molecule has 20 heavy (non-hydrogen) atoms. The molecule has 1 aromatic heterocycles. The summed E-state index contributed by atoms with van der Waals surface area (Å²) in [6.45, 7) is 1.65. The standard InChI is InChI=1S/C15H16ClN3O/c16-14-9-15(19-10-18-14)17-6-5-11-3-4-13-12(8-11)2-1-7-20-13/h3-4,8-10H,1-2,5-7H2,(H,17,18,19). The van der Waals surface area contributed by atoms with Crippen LogP contribution in [0.15, 0.2) is 30.6 Å². The summed E-state index contributed by atoms with van der Waals surface area (Å²) in [4.78, 5) is 7.97. The van der Waals surface area contributed by atoms with E-state index in [1.54, 1.807) is 6.07 Å². The zero-order valence-electron chi connectivity index (χ0n) is 11.1. The van der Waals surface area contributed by atoms with Crippen LogP contribution in [-0.4, -0.2) is 23.1 Å². The van der Waals surface area contributed by atoms with E-state index in [9.17, 15) is 0 Å². The first-order valence-corrected chi connectivity index (χ1v) is 7.15. The summed E-state index contributed by atoms with van der Waals surface area (Å²) in [5.74, 6) is 1.79. The van der Waals surface area contributed by atoms with Gasteiger partial charge in [-0.2, -0.15) is 0 Å². The molecule has 0 amide bonds. The Morgan fingerprint density at radius 3 is 3.10 bits per heavy atom. The van der Waals surface area contributed by atoms with Crippen LogP contribution < -0.4 is 10.1 Å². The van der Waals surface area contributed by atoms with Gasteiger partial charge in [-0.25, -0.2) is 9.97 Å². The van der Waals surface area contributed by atoms with E-state index >= 15 is 0 Å². The number of anilines is 1. The minimum Gasteiger partial charge on any atom is -0.493 e. The van der Waals surface area contributed by atoms with Crippen LogP contribution in [0.5, 0.6) is 5.75 Å². The molecule has 0 spiro atoms. The number of halogens is 1. The largest absolute Gasteiger partial charge is 0.493 e. The summed E-state index contributed by atoms with van der Waals surface area (Å²) < 4.78 is 5.62. The summed E-state index contributed by atoms with van der Waals surface area (Å²) >= 11 is 5.82. The molecule has 104 valence electrons. The highest BCUT2D eigenvalue weighted by Gasteiger charge is 2.10. The van der Waals surface area contributed by atoms with Crippen LogP contribution in [0, 0.1) is 0 Å². The molecule has 1 aliphatic rings. The number of nitrogens with zero attached hydrogens (tertiary/aromatic N) is 2. The fourth-order valence-corrected chi connectivity index (χ4v) is 2.48. The predicted molar refractivity (Wildman–Crippen MR) is 79.5 cm³/mol. The van der Waals surface area contributed by atoms with E-state index in [4.69, 9.17) is 16.3 Å². The maximum absolute atomic E-state index is 5.82. The number of aryl methyl sites for hydroxylation is 1. The van der Waals surface area contributed by atoms with Gasteiger partial charge < -0.3 is 10.1 Å². The number of fused-ring (bicyclic) bond motifs is 1. The summed E-state index contributed by atoms with van der Waals surface area (Å²) in [6, 6.07) is 8.16. The second-order valence-corrected chi connectivity index (χ2v) is 5.18. The minimum absolute atomic E-state index is 0.452. The lowest BCUT2D eigenvalue weighted by molar-refractivity contribution is 0.288. The Kier molecular flexibility index (Phi) is 4.02. The van der Waals surface area contributed by atoms with E-state index in [1.807, 2.05) is 0 Å². The Balaban J connectivity index is 1.58. The van der Waals surface area contributed by atoms with E-state index in [-0.39, 0.29) is 0 Å². The van der Waals surface area contributed by atoms with Crippen molar-refractivity contribution in [1.82, 2.24) is 9.97 Å². The summed E-state index contributed by atoms with van der Waals surface area (Å²) in [5, 5.41) is 3.70. The molecule has 5 heteroatoms. The smallest absolute Gasteiger partial charge is 0.134 e. The number of hydrogen-bond acceptors (Lipinski definition) is 4. The van der Waals surface area contributed by atoms with Crippen LogP contribution in [0.2, 0.25) is 5.15 Å². The topological polar surface area (TPSA) is 47.0 Å². The molecule has 0 bridgehead atoms. The average molecular weight is 290 g/mol. The first-order chi connectivity index (χ1) is 9.81. The van der Waals surface area contributed by atoms with Crippen molar-refractivity contribution in [2.75, 3.05) is 18.5 Å². The molecular weight excluding hydrogens is 274 g/mol. The molecule has 4 nitrogen and oxygen atoms in total. The third kappa shape index (κ3) is 3.20. The van der Waals surface area contributed by atoms with Gasteiger partial charge in [0.2, 0.25) is 0 Å². The molecule has 2 aromatic rings. The van der Waals surface area contributed by atoms with Gasteiger partial charge in [-0.15, -0.1) is 0 Å². The molecule has 0 atom stereocenters. The van der Waals surface area contributed by atoms with Crippen molar-refractivity contribution in [2.45, 2.75) is 19.3 Å². The Morgan fingerprint density at radius 2 is 2.20 bits per heavy atom. The average Bonchev–Trinajstić information content (AvgIpc) is 2.47. The van der Waals surface area contributed by atoms with Gasteiger partial charge in [-0.05, 0) is 36.5 Å². The Hall–Kier alpha value is -1.81. The number of aromatic nitrogens is 2. The van der Waals surface area contributed by atoms with E-state index < -0.39 is 0 Å².